The zero-order valence-electron chi connectivity index (χ0n) is 14.2. The summed E-state index contributed by atoms with van der Waals surface area (Å²) >= 11 is 0. The Bertz CT molecular complexity index is 572. The average Bonchev–Trinajstić information content (AvgIpc) is 2.40. The fourth-order valence-electron chi connectivity index (χ4n) is 3.37. The summed E-state index contributed by atoms with van der Waals surface area (Å²) in [5, 5.41) is 3.05. The quantitative estimate of drug-likeness (QED) is 0.887. The van der Waals surface area contributed by atoms with Crippen LogP contribution >= 0.6 is 0 Å². The number of benzene rings is 1. The number of quaternary nitrogens is 1. The van der Waals surface area contributed by atoms with Crippen LogP contribution in [0.1, 0.15) is 37.0 Å². The number of piperidine rings is 1. The second kappa shape index (κ2) is 6.61. The zero-order valence-corrected chi connectivity index (χ0v) is 14.2. The summed E-state index contributed by atoms with van der Waals surface area (Å²) < 4.78 is 0. The van der Waals surface area contributed by atoms with E-state index in [-0.39, 0.29) is 17.9 Å². The van der Waals surface area contributed by atoms with E-state index in [0.29, 0.717) is 18.7 Å². The molecule has 1 aliphatic heterocycles. The van der Waals surface area contributed by atoms with Crippen molar-refractivity contribution in [2.24, 2.45) is 5.92 Å². The van der Waals surface area contributed by atoms with Crippen molar-refractivity contribution in [3.05, 3.63) is 28.8 Å². The molecule has 1 fully saturated rings. The number of anilines is 1. The van der Waals surface area contributed by atoms with Gasteiger partial charge >= 0.3 is 0 Å². The van der Waals surface area contributed by atoms with Crippen LogP contribution in [0.25, 0.3) is 0 Å². The number of nitrogens with one attached hydrogen (secondary N) is 2. The lowest BCUT2D eigenvalue weighted by molar-refractivity contribution is -0.920. The van der Waals surface area contributed by atoms with Gasteiger partial charge in [0.25, 0.3) is 5.91 Å². The molecule has 0 bridgehead atoms. The van der Waals surface area contributed by atoms with Gasteiger partial charge in [-0.1, -0.05) is 24.6 Å². The Morgan fingerprint density at radius 1 is 1.23 bits per heavy atom. The van der Waals surface area contributed by atoms with E-state index in [9.17, 15) is 9.59 Å². The molecular weight excluding hydrogens is 276 g/mol. The third kappa shape index (κ3) is 3.74. The minimum absolute atomic E-state index is 0.0263. The summed E-state index contributed by atoms with van der Waals surface area (Å²) in [5.41, 5.74) is 4.31. The van der Waals surface area contributed by atoms with E-state index in [2.05, 4.69) is 31.3 Å². The number of carbonyl (C=O) groups excluding carboxylic acids is 2. The molecule has 0 aromatic heterocycles. The summed E-state index contributed by atoms with van der Waals surface area (Å²) in [6, 6.07) is 4.38. The Morgan fingerprint density at radius 3 is 2.41 bits per heavy atom. The first-order valence-corrected chi connectivity index (χ1v) is 8.03. The first-order chi connectivity index (χ1) is 10.3. The molecule has 0 saturated carbocycles. The van der Waals surface area contributed by atoms with Gasteiger partial charge in [-0.05, 0) is 38.8 Å². The molecule has 1 unspecified atom stereocenters. The molecule has 0 aliphatic carbocycles. The number of hydrogen-bond acceptors (Lipinski definition) is 2. The molecule has 0 spiro atoms. The third-order valence-corrected chi connectivity index (χ3v) is 4.65. The summed E-state index contributed by atoms with van der Waals surface area (Å²) in [7, 11) is 0. The van der Waals surface area contributed by atoms with Crippen LogP contribution in [-0.2, 0) is 9.59 Å². The lowest BCUT2D eigenvalue weighted by Gasteiger charge is -2.32. The van der Waals surface area contributed by atoms with Crippen LogP contribution in [0.3, 0.4) is 0 Å². The van der Waals surface area contributed by atoms with Gasteiger partial charge in [-0.3, -0.25) is 9.59 Å². The second-order valence-electron chi connectivity index (χ2n) is 6.83. The molecule has 1 heterocycles. The highest BCUT2D eigenvalue weighted by Gasteiger charge is 2.33. The zero-order chi connectivity index (χ0) is 16.4. The Hall–Kier alpha value is -1.68. The molecule has 1 aromatic rings. The standard InChI is InChI=1S/C18H26N2O2/c1-11-6-12(2)18(13(3)7-11)19-17(22)10-20-9-14(4)16(21)8-15(20)5/h6-7,14-15H,8-10H2,1-5H3,(H,19,22)/p+1/t14-,15-/m0/s1. The van der Waals surface area contributed by atoms with E-state index < -0.39 is 0 Å². The van der Waals surface area contributed by atoms with Crippen molar-refractivity contribution < 1.29 is 14.5 Å². The largest absolute Gasteiger partial charge is 0.324 e. The number of amides is 1. The molecule has 120 valence electrons. The predicted octanol–water partition coefficient (Wildman–Crippen LogP) is 1.43. The number of Topliss-reactive ketones (excluding diaryl/α,β-unsaturated/α-hetero) is 1. The van der Waals surface area contributed by atoms with Crippen LogP contribution in [0.4, 0.5) is 5.69 Å². The van der Waals surface area contributed by atoms with E-state index >= 15 is 0 Å². The number of likely N-dealkylation sites (tertiary alicyclic amines) is 1. The highest BCUT2D eigenvalue weighted by Crippen LogP contribution is 2.21. The van der Waals surface area contributed by atoms with E-state index in [1.54, 1.807) is 0 Å². The molecule has 1 aromatic carbocycles. The smallest absolute Gasteiger partial charge is 0.279 e. The minimum atomic E-state index is 0.0263. The van der Waals surface area contributed by atoms with Gasteiger partial charge in [-0.2, -0.15) is 0 Å². The second-order valence-corrected chi connectivity index (χ2v) is 6.83. The van der Waals surface area contributed by atoms with Crippen molar-refractivity contribution in [3.63, 3.8) is 0 Å². The molecule has 0 radical (unpaired) electrons. The number of rotatable bonds is 3. The number of hydrogen-bond donors (Lipinski definition) is 2. The molecule has 1 amide bonds. The van der Waals surface area contributed by atoms with Crippen LogP contribution in [0.5, 0.6) is 0 Å². The van der Waals surface area contributed by atoms with Crippen molar-refractivity contribution in [1.82, 2.24) is 0 Å². The van der Waals surface area contributed by atoms with Crippen molar-refractivity contribution in [2.75, 3.05) is 18.4 Å². The highest BCUT2D eigenvalue weighted by molar-refractivity contribution is 5.93. The molecule has 2 rings (SSSR count). The topological polar surface area (TPSA) is 50.6 Å². The fraction of sp³-hybridized carbons (Fsp3) is 0.556. The van der Waals surface area contributed by atoms with Crippen LogP contribution in [-0.4, -0.2) is 30.8 Å². The first-order valence-electron chi connectivity index (χ1n) is 8.03. The Labute approximate surface area is 132 Å². The summed E-state index contributed by atoms with van der Waals surface area (Å²) in [6.07, 6.45) is 0.576. The SMILES string of the molecule is Cc1cc(C)c(NC(=O)C[NH+]2C[C@H](C)C(=O)C[C@@H]2C)c(C)c1. The number of ketones is 1. The number of carbonyl (C=O) groups is 2. The summed E-state index contributed by atoms with van der Waals surface area (Å²) in [4.78, 5) is 25.3. The van der Waals surface area contributed by atoms with Crippen LogP contribution < -0.4 is 10.2 Å². The van der Waals surface area contributed by atoms with Gasteiger partial charge in [0.2, 0.25) is 0 Å². The van der Waals surface area contributed by atoms with Crippen LogP contribution in [0.15, 0.2) is 12.1 Å². The van der Waals surface area contributed by atoms with Crippen LogP contribution in [0, 0.1) is 26.7 Å². The summed E-state index contributed by atoms with van der Waals surface area (Å²) in [5.74, 6) is 0.405. The molecule has 4 nitrogen and oxygen atoms in total. The molecule has 2 N–H and O–H groups in total. The lowest BCUT2D eigenvalue weighted by atomic mass is 9.93. The van der Waals surface area contributed by atoms with Gasteiger partial charge in [0.1, 0.15) is 5.78 Å². The minimum Gasteiger partial charge on any atom is -0.324 e. The van der Waals surface area contributed by atoms with Gasteiger partial charge in [0.15, 0.2) is 6.54 Å². The van der Waals surface area contributed by atoms with Gasteiger partial charge in [0.05, 0.1) is 24.9 Å². The van der Waals surface area contributed by atoms with Gasteiger partial charge in [0, 0.05) is 5.69 Å². The first kappa shape index (κ1) is 16.7. The molecule has 22 heavy (non-hydrogen) atoms. The monoisotopic (exact) mass is 303 g/mol. The van der Waals surface area contributed by atoms with Crippen molar-refractivity contribution in [2.45, 2.75) is 47.1 Å². The molecule has 1 saturated heterocycles. The normalized spacial score (nSPS) is 25.1. The molecule has 3 atom stereocenters. The van der Waals surface area contributed by atoms with Crippen molar-refractivity contribution in [3.8, 4) is 0 Å². The van der Waals surface area contributed by atoms with Gasteiger partial charge < -0.3 is 10.2 Å². The van der Waals surface area contributed by atoms with Crippen molar-refractivity contribution in [1.29, 1.82) is 0 Å². The van der Waals surface area contributed by atoms with Crippen LogP contribution in [0.2, 0.25) is 0 Å². The van der Waals surface area contributed by atoms with Gasteiger partial charge in [-0.15, -0.1) is 0 Å². The maximum absolute atomic E-state index is 12.4. The highest BCUT2D eigenvalue weighted by atomic mass is 16.2. The Morgan fingerprint density at radius 2 is 1.82 bits per heavy atom. The average molecular weight is 303 g/mol. The van der Waals surface area contributed by atoms with E-state index in [1.165, 1.54) is 10.5 Å². The fourth-order valence-corrected chi connectivity index (χ4v) is 3.37. The predicted molar refractivity (Wildman–Crippen MR) is 88.2 cm³/mol. The van der Waals surface area contributed by atoms with E-state index in [4.69, 9.17) is 0 Å². The van der Waals surface area contributed by atoms with E-state index in [0.717, 1.165) is 23.4 Å². The molecule has 1 aliphatic rings. The van der Waals surface area contributed by atoms with Gasteiger partial charge in [-0.25, -0.2) is 0 Å². The molecule has 4 heteroatoms. The lowest BCUT2D eigenvalue weighted by Crippen LogP contribution is -3.18. The Balaban J connectivity index is 2.03. The van der Waals surface area contributed by atoms with E-state index in [1.807, 2.05) is 20.8 Å². The van der Waals surface area contributed by atoms with Crippen molar-refractivity contribution >= 4 is 17.4 Å². The maximum atomic E-state index is 12.4. The third-order valence-electron chi connectivity index (χ3n) is 4.65. The number of aryl methyl sites for hydroxylation is 3. The Kier molecular flexibility index (Phi) is 5.01. The molecular formula is C18H27N2O2+. The maximum Gasteiger partial charge on any atom is 0.279 e. The summed E-state index contributed by atoms with van der Waals surface area (Å²) in [6.45, 7) is 11.3.